The summed E-state index contributed by atoms with van der Waals surface area (Å²) in [4.78, 5) is 2.42. The van der Waals surface area contributed by atoms with E-state index in [1.165, 1.54) is 15.6 Å². The second-order valence-electron chi connectivity index (χ2n) is 5.70. The van der Waals surface area contributed by atoms with Crippen LogP contribution in [0.5, 0.6) is 0 Å². The van der Waals surface area contributed by atoms with Gasteiger partial charge in [0.15, 0.2) is 0 Å². The summed E-state index contributed by atoms with van der Waals surface area (Å²) in [6.07, 6.45) is 3.58. The molecule has 2 aliphatic heterocycles. The van der Waals surface area contributed by atoms with Crippen molar-refractivity contribution < 1.29 is 9.84 Å². The topological polar surface area (TPSA) is 32.7 Å². The van der Waals surface area contributed by atoms with Crippen LogP contribution in [0.25, 0.3) is 0 Å². The zero-order valence-electron chi connectivity index (χ0n) is 11.0. The van der Waals surface area contributed by atoms with Gasteiger partial charge in [0, 0.05) is 15.7 Å². The van der Waals surface area contributed by atoms with Gasteiger partial charge in [-0.15, -0.1) is 0 Å². The Kier molecular flexibility index (Phi) is 4.12. The van der Waals surface area contributed by atoms with E-state index in [9.17, 15) is 5.11 Å². The number of halogens is 1. The Bertz CT molecular complexity index is 454. The lowest BCUT2D eigenvalue weighted by Gasteiger charge is -2.28. The lowest BCUT2D eigenvalue weighted by Crippen LogP contribution is -2.41. The molecule has 104 valence electrons. The third-order valence-electron chi connectivity index (χ3n) is 4.44. The first-order valence-electron chi connectivity index (χ1n) is 6.94. The molecule has 0 unspecified atom stereocenters. The van der Waals surface area contributed by atoms with Crippen LogP contribution in [0.1, 0.15) is 24.8 Å². The Morgan fingerprint density at radius 1 is 1.47 bits per heavy atom. The Balaban J connectivity index is 1.58. The molecule has 0 radical (unpaired) electrons. The maximum atomic E-state index is 9.67. The average Bonchev–Trinajstić information content (AvgIpc) is 2.93. The summed E-state index contributed by atoms with van der Waals surface area (Å²) in [5.41, 5.74) is 1.26. The fourth-order valence-corrected chi connectivity index (χ4v) is 4.05. The van der Waals surface area contributed by atoms with Gasteiger partial charge in [-0.2, -0.15) is 0 Å². The molecule has 1 aromatic rings. The molecule has 19 heavy (non-hydrogen) atoms. The van der Waals surface area contributed by atoms with E-state index in [1.807, 2.05) is 0 Å². The minimum atomic E-state index is 0.0236. The molecule has 0 aliphatic carbocycles. The van der Waals surface area contributed by atoms with E-state index in [2.05, 4.69) is 51.8 Å². The molecule has 3 rings (SSSR count). The molecule has 0 aromatic heterocycles. The van der Waals surface area contributed by atoms with Crippen molar-refractivity contribution in [3.05, 3.63) is 33.4 Å². The number of fused-ring (bicyclic) bond motifs is 1. The lowest BCUT2D eigenvalue weighted by atomic mass is 9.94. The second kappa shape index (κ2) is 5.68. The van der Waals surface area contributed by atoms with Gasteiger partial charge in [0.25, 0.3) is 0 Å². The van der Waals surface area contributed by atoms with Crippen molar-refractivity contribution >= 4 is 22.6 Å². The second-order valence-corrected chi connectivity index (χ2v) is 6.94. The number of aliphatic hydroxyl groups is 1. The van der Waals surface area contributed by atoms with Crippen LogP contribution in [0, 0.1) is 3.57 Å². The number of hydrogen-bond donors (Lipinski definition) is 1. The molecule has 1 N–H and O–H groups in total. The average molecular weight is 373 g/mol. The van der Waals surface area contributed by atoms with Crippen LogP contribution < -0.4 is 0 Å². The van der Waals surface area contributed by atoms with Gasteiger partial charge >= 0.3 is 0 Å². The fraction of sp³-hybridized carbons (Fsp3) is 0.600. The molecular formula is C15H20INO2. The molecule has 0 saturated carbocycles. The maximum absolute atomic E-state index is 9.67. The van der Waals surface area contributed by atoms with Gasteiger partial charge in [-0.05, 0) is 66.1 Å². The minimum absolute atomic E-state index is 0.0236. The lowest BCUT2D eigenvalue weighted by molar-refractivity contribution is 0.0437. The monoisotopic (exact) mass is 373 g/mol. The normalized spacial score (nSPS) is 30.7. The van der Waals surface area contributed by atoms with Crippen molar-refractivity contribution in [3.8, 4) is 0 Å². The molecule has 0 amide bonds. The highest BCUT2D eigenvalue weighted by atomic mass is 127. The number of rotatable bonds is 4. The largest absolute Gasteiger partial charge is 0.394 e. The smallest absolute Gasteiger partial charge is 0.0725 e. The molecule has 0 spiro atoms. The highest BCUT2D eigenvalue weighted by Crippen LogP contribution is 2.39. The van der Waals surface area contributed by atoms with Crippen molar-refractivity contribution in [2.24, 2.45) is 0 Å². The van der Waals surface area contributed by atoms with Crippen LogP contribution in [0.4, 0.5) is 0 Å². The van der Waals surface area contributed by atoms with Crippen LogP contribution in [-0.4, -0.2) is 41.3 Å². The highest BCUT2D eigenvalue weighted by Gasteiger charge is 2.48. The van der Waals surface area contributed by atoms with E-state index in [1.54, 1.807) is 0 Å². The summed E-state index contributed by atoms with van der Waals surface area (Å²) in [7, 11) is 0. The first kappa shape index (κ1) is 13.8. The first-order chi connectivity index (χ1) is 9.22. The quantitative estimate of drug-likeness (QED) is 0.823. The number of benzene rings is 1. The summed E-state index contributed by atoms with van der Waals surface area (Å²) >= 11 is 2.33. The zero-order chi connectivity index (χ0) is 13.3. The van der Waals surface area contributed by atoms with Crippen LogP contribution in [-0.2, 0) is 11.3 Å². The van der Waals surface area contributed by atoms with Crippen molar-refractivity contribution in [1.29, 1.82) is 0 Å². The predicted molar refractivity (Wildman–Crippen MR) is 83.0 cm³/mol. The van der Waals surface area contributed by atoms with E-state index >= 15 is 0 Å². The molecule has 3 nitrogen and oxygen atoms in total. The van der Waals surface area contributed by atoms with Crippen LogP contribution in [0.15, 0.2) is 24.3 Å². The van der Waals surface area contributed by atoms with Gasteiger partial charge in [0.1, 0.15) is 0 Å². The van der Waals surface area contributed by atoms with Gasteiger partial charge in [-0.1, -0.05) is 12.1 Å². The van der Waals surface area contributed by atoms with Crippen molar-refractivity contribution in [1.82, 2.24) is 4.90 Å². The fourth-order valence-electron chi connectivity index (χ4n) is 3.44. The molecule has 2 aliphatic rings. The van der Waals surface area contributed by atoms with Gasteiger partial charge < -0.3 is 9.84 Å². The van der Waals surface area contributed by atoms with Crippen LogP contribution >= 0.6 is 22.6 Å². The molecule has 4 heteroatoms. The van der Waals surface area contributed by atoms with E-state index in [0.29, 0.717) is 6.61 Å². The molecule has 2 fully saturated rings. The predicted octanol–water partition coefficient (Wildman–Crippen LogP) is 2.41. The molecule has 2 atom stereocenters. The van der Waals surface area contributed by atoms with Gasteiger partial charge in [0.2, 0.25) is 0 Å². The number of hydrogen-bond acceptors (Lipinski definition) is 3. The van der Waals surface area contributed by atoms with E-state index in [4.69, 9.17) is 4.74 Å². The number of nitrogens with zero attached hydrogens (tertiary/aromatic N) is 1. The number of ether oxygens (including phenoxy) is 1. The Labute approximate surface area is 128 Å². The third kappa shape index (κ3) is 2.82. The summed E-state index contributed by atoms with van der Waals surface area (Å²) < 4.78 is 7.30. The summed E-state index contributed by atoms with van der Waals surface area (Å²) in [5.74, 6) is 0. The zero-order valence-corrected chi connectivity index (χ0v) is 13.2. The first-order valence-corrected chi connectivity index (χ1v) is 8.02. The summed E-state index contributed by atoms with van der Waals surface area (Å²) in [5, 5.41) is 9.67. The SMILES string of the molecule is OC[C@]12CCCN1C[C@H](OCc1cccc(I)c1)C2. The van der Waals surface area contributed by atoms with Crippen LogP contribution in [0.3, 0.4) is 0 Å². The molecule has 2 heterocycles. The number of aliphatic hydroxyl groups excluding tert-OH is 1. The van der Waals surface area contributed by atoms with E-state index in [0.717, 1.165) is 25.9 Å². The minimum Gasteiger partial charge on any atom is -0.394 e. The van der Waals surface area contributed by atoms with Gasteiger partial charge in [0.05, 0.1) is 19.3 Å². The summed E-state index contributed by atoms with van der Waals surface area (Å²) in [6, 6.07) is 8.44. The van der Waals surface area contributed by atoms with Crippen molar-refractivity contribution in [2.75, 3.05) is 19.7 Å². The van der Waals surface area contributed by atoms with Crippen molar-refractivity contribution in [2.45, 2.75) is 37.5 Å². The van der Waals surface area contributed by atoms with Gasteiger partial charge in [-0.3, -0.25) is 4.90 Å². The van der Waals surface area contributed by atoms with Gasteiger partial charge in [-0.25, -0.2) is 0 Å². The Morgan fingerprint density at radius 2 is 2.37 bits per heavy atom. The van der Waals surface area contributed by atoms with E-state index < -0.39 is 0 Å². The molecule has 1 aromatic carbocycles. The summed E-state index contributed by atoms with van der Waals surface area (Å²) in [6.45, 7) is 3.04. The molecule has 0 bridgehead atoms. The standard InChI is InChI=1S/C15H20INO2/c16-13-4-1-3-12(7-13)10-19-14-8-15(11-18)5-2-6-17(15)9-14/h1,3-4,7,14,18H,2,5-6,8-11H2/t14-,15-/m1/s1. The third-order valence-corrected chi connectivity index (χ3v) is 5.11. The Morgan fingerprint density at radius 3 is 3.11 bits per heavy atom. The van der Waals surface area contributed by atoms with Crippen molar-refractivity contribution in [3.63, 3.8) is 0 Å². The van der Waals surface area contributed by atoms with Crippen LogP contribution in [0.2, 0.25) is 0 Å². The van der Waals surface area contributed by atoms with E-state index in [-0.39, 0.29) is 18.2 Å². The molecular weight excluding hydrogens is 353 g/mol. The molecule has 2 saturated heterocycles. The highest BCUT2D eigenvalue weighted by molar-refractivity contribution is 14.1. The maximum Gasteiger partial charge on any atom is 0.0725 e. The Hall–Kier alpha value is -0.170.